The number of hydrogen-bond acceptors (Lipinski definition) is 4. The first-order valence-corrected chi connectivity index (χ1v) is 13.5. The largest absolute Gasteiger partial charge is 0.369 e. The minimum Gasteiger partial charge on any atom is -0.369 e. The Morgan fingerprint density at radius 3 is 1.27 bits per heavy atom. The number of hydrogen-bond donors (Lipinski definition) is 2. The second-order valence-corrected chi connectivity index (χ2v) is 10.4. The van der Waals surface area contributed by atoms with E-state index in [9.17, 15) is 0 Å². The van der Waals surface area contributed by atoms with Crippen molar-refractivity contribution >= 4 is 11.7 Å². The molecule has 0 saturated heterocycles. The van der Waals surface area contributed by atoms with Crippen molar-refractivity contribution in [3.05, 3.63) is 0 Å². The molecule has 30 heavy (non-hydrogen) atoms. The molecule has 0 aromatic heterocycles. The Balaban J connectivity index is 0.915. The Hall–Kier alpha value is -1.06. The molecule has 2 aliphatic carbocycles. The van der Waals surface area contributed by atoms with Crippen molar-refractivity contribution in [2.45, 2.75) is 153 Å². The van der Waals surface area contributed by atoms with Gasteiger partial charge < -0.3 is 10.6 Å². The van der Waals surface area contributed by atoms with Crippen LogP contribution in [0.4, 0.5) is 0 Å². The molecule has 4 rings (SSSR count). The third-order valence-electron chi connectivity index (χ3n) is 7.88. The molecule has 4 nitrogen and oxygen atoms in total. The quantitative estimate of drug-likeness (QED) is 0.348. The van der Waals surface area contributed by atoms with E-state index in [1.807, 2.05) is 0 Å². The highest BCUT2D eigenvalue weighted by Crippen LogP contribution is 2.26. The Morgan fingerprint density at radius 2 is 0.867 bits per heavy atom. The number of rotatable bonds is 13. The zero-order valence-electron chi connectivity index (χ0n) is 19.3. The monoisotopic (exact) mass is 414 g/mol. The highest BCUT2D eigenvalue weighted by molar-refractivity contribution is 5.85. The van der Waals surface area contributed by atoms with E-state index in [4.69, 9.17) is 9.98 Å². The van der Waals surface area contributed by atoms with Gasteiger partial charge in [0.05, 0.1) is 23.8 Å². The number of aliphatic imine (C=N–C) groups is 2. The maximum atomic E-state index is 4.93. The molecule has 170 valence electrons. The molecule has 4 atom stereocenters. The molecule has 4 heteroatoms. The molecule has 0 radical (unpaired) electrons. The smallest absolute Gasteiger partial charge is 0.0970 e. The van der Waals surface area contributed by atoms with Gasteiger partial charge in [0, 0.05) is 24.9 Å². The van der Waals surface area contributed by atoms with E-state index in [0.29, 0.717) is 24.2 Å². The summed E-state index contributed by atoms with van der Waals surface area (Å²) in [4.78, 5) is 9.86. The standard InChI is InChI=1S/C26H46N4/c1(3-5-7-9-19-25-27-21-15-11-12-16-22(21)28-25)2-4-6-8-10-20-26-29-23-17-13-14-18-24(23)30-26/h21-24H,1-20H2,(H,27,28)(H,29,30). The van der Waals surface area contributed by atoms with Crippen molar-refractivity contribution in [3.8, 4) is 0 Å². The third kappa shape index (κ3) is 6.72. The Bertz CT molecular complexity index is 519. The maximum Gasteiger partial charge on any atom is 0.0970 e. The molecule has 0 aromatic rings. The van der Waals surface area contributed by atoms with Gasteiger partial charge in [0.25, 0.3) is 0 Å². The molecule has 4 aliphatic rings. The third-order valence-corrected chi connectivity index (χ3v) is 7.88. The van der Waals surface area contributed by atoms with Gasteiger partial charge in [-0.3, -0.25) is 9.98 Å². The molecule has 4 unspecified atom stereocenters. The van der Waals surface area contributed by atoms with Crippen molar-refractivity contribution in [2.75, 3.05) is 0 Å². The number of amidine groups is 2. The van der Waals surface area contributed by atoms with Gasteiger partial charge in [-0.05, 0) is 38.5 Å². The molecule has 2 aliphatic heterocycles. The van der Waals surface area contributed by atoms with Crippen LogP contribution in [0.25, 0.3) is 0 Å². The van der Waals surface area contributed by atoms with Gasteiger partial charge in [0.15, 0.2) is 0 Å². The molecule has 0 amide bonds. The minimum atomic E-state index is 0.611. The average Bonchev–Trinajstić information content (AvgIpc) is 3.37. The van der Waals surface area contributed by atoms with Gasteiger partial charge in [-0.25, -0.2) is 0 Å². The van der Waals surface area contributed by atoms with Crippen LogP contribution in [-0.2, 0) is 0 Å². The van der Waals surface area contributed by atoms with Gasteiger partial charge in [-0.1, -0.05) is 77.0 Å². The summed E-state index contributed by atoms with van der Waals surface area (Å²) in [5.74, 6) is 2.65. The SMILES string of the molecule is C(CCCCCCC1=NC2CCCCC2N1)CCCCCC1=NC2CCCCC2N1. The summed E-state index contributed by atoms with van der Waals surface area (Å²) >= 11 is 0. The fraction of sp³-hybridized carbons (Fsp3) is 0.923. The summed E-state index contributed by atoms with van der Waals surface area (Å²) in [6.07, 6.45) is 27.2. The summed E-state index contributed by atoms with van der Waals surface area (Å²) in [6, 6.07) is 2.58. The first kappa shape index (κ1) is 22.1. The number of unbranched alkanes of at least 4 members (excludes halogenated alkanes) is 9. The van der Waals surface area contributed by atoms with Gasteiger partial charge in [0.2, 0.25) is 0 Å². The van der Waals surface area contributed by atoms with Gasteiger partial charge in [-0.2, -0.15) is 0 Å². The average molecular weight is 415 g/mol. The van der Waals surface area contributed by atoms with Gasteiger partial charge in [-0.15, -0.1) is 0 Å². The zero-order valence-corrected chi connectivity index (χ0v) is 19.3. The Morgan fingerprint density at radius 1 is 0.500 bits per heavy atom. The van der Waals surface area contributed by atoms with Crippen molar-refractivity contribution in [2.24, 2.45) is 9.98 Å². The van der Waals surface area contributed by atoms with Crippen molar-refractivity contribution < 1.29 is 0 Å². The van der Waals surface area contributed by atoms with Crippen LogP contribution in [0.3, 0.4) is 0 Å². The molecular weight excluding hydrogens is 368 g/mol. The van der Waals surface area contributed by atoms with Crippen molar-refractivity contribution in [3.63, 3.8) is 0 Å². The van der Waals surface area contributed by atoms with Crippen LogP contribution in [0.2, 0.25) is 0 Å². The van der Waals surface area contributed by atoms with E-state index >= 15 is 0 Å². The van der Waals surface area contributed by atoms with E-state index in [-0.39, 0.29) is 0 Å². The normalized spacial score (nSPS) is 30.1. The minimum absolute atomic E-state index is 0.611. The van der Waals surface area contributed by atoms with E-state index in [1.165, 1.54) is 140 Å². The number of nitrogens with one attached hydrogen (secondary N) is 2. The molecule has 2 N–H and O–H groups in total. The molecule has 0 bridgehead atoms. The van der Waals surface area contributed by atoms with E-state index in [0.717, 1.165) is 0 Å². The molecule has 2 saturated carbocycles. The summed E-state index contributed by atoms with van der Waals surface area (Å²) < 4.78 is 0. The van der Waals surface area contributed by atoms with Crippen LogP contribution in [0.5, 0.6) is 0 Å². The van der Waals surface area contributed by atoms with Crippen LogP contribution in [-0.4, -0.2) is 35.8 Å². The lowest BCUT2D eigenvalue weighted by Crippen LogP contribution is -2.36. The van der Waals surface area contributed by atoms with Crippen LogP contribution >= 0.6 is 0 Å². The van der Waals surface area contributed by atoms with E-state index < -0.39 is 0 Å². The summed E-state index contributed by atoms with van der Waals surface area (Å²) in [7, 11) is 0. The molecule has 0 aromatic carbocycles. The van der Waals surface area contributed by atoms with Crippen LogP contribution in [0.1, 0.15) is 128 Å². The fourth-order valence-electron chi connectivity index (χ4n) is 6.04. The second-order valence-electron chi connectivity index (χ2n) is 10.4. The van der Waals surface area contributed by atoms with Gasteiger partial charge in [0.1, 0.15) is 0 Å². The second kappa shape index (κ2) is 12.1. The summed E-state index contributed by atoms with van der Waals surface area (Å²) in [5, 5.41) is 7.40. The molecule has 2 heterocycles. The zero-order chi connectivity index (χ0) is 20.4. The van der Waals surface area contributed by atoms with Crippen molar-refractivity contribution in [1.82, 2.24) is 10.6 Å². The topological polar surface area (TPSA) is 48.8 Å². The highest BCUT2D eigenvalue weighted by atomic mass is 15.1. The Kier molecular flexibility index (Phi) is 8.93. The highest BCUT2D eigenvalue weighted by Gasteiger charge is 2.31. The van der Waals surface area contributed by atoms with Crippen LogP contribution in [0.15, 0.2) is 9.98 Å². The lowest BCUT2D eigenvalue weighted by atomic mass is 9.92. The molecule has 2 fully saturated rings. The number of nitrogens with zero attached hydrogens (tertiary/aromatic N) is 2. The number of fused-ring (bicyclic) bond motifs is 2. The molecule has 0 spiro atoms. The van der Waals surface area contributed by atoms with Gasteiger partial charge >= 0.3 is 0 Å². The van der Waals surface area contributed by atoms with Crippen molar-refractivity contribution in [1.29, 1.82) is 0 Å². The summed E-state index contributed by atoms with van der Waals surface area (Å²) in [5.41, 5.74) is 0. The fourth-order valence-corrected chi connectivity index (χ4v) is 6.04. The van der Waals surface area contributed by atoms with Crippen LogP contribution < -0.4 is 10.6 Å². The van der Waals surface area contributed by atoms with E-state index in [2.05, 4.69) is 10.6 Å². The maximum absolute atomic E-state index is 4.93. The first-order chi connectivity index (χ1) is 14.9. The van der Waals surface area contributed by atoms with Crippen LogP contribution in [0, 0.1) is 0 Å². The molecular formula is C26H46N4. The first-order valence-electron chi connectivity index (χ1n) is 13.5. The Labute approximate surface area is 185 Å². The lowest BCUT2D eigenvalue weighted by molar-refractivity contribution is 0.384. The van der Waals surface area contributed by atoms with E-state index in [1.54, 1.807) is 0 Å². The predicted molar refractivity (Wildman–Crippen MR) is 129 cm³/mol. The predicted octanol–water partition coefficient (Wildman–Crippen LogP) is 6.29. The summed E-state index contributed by atoms with van der Waals surface area (Å²) in [6.45, 7) is 0. The lowest BCUT2D eigenvalue weighted by Gasteiger charge is -2.23.